The van der Waals surface area contributed by atoms with Gasteiger partial charge >= 0.3 is 0 Å². The topological polar surface area (TPSA) is 61.0 Å². The maximum absolute atomic E-state index is 13.6. The Morgan fingerprint density at radius 3 is 2.86 bits per heavy atom. The average molecular weight is 380 g/mol. The van der Waals surface area contributed by atoms with Crippen LogP contribution >= 0.6 is 0 Å². The van der Waals surface area contributed by atoms with Crippen LogP contribution in [0.4, 0.5) is 4.39 Å². The van der Waals surface area contributed by atoms with Gasteiger partial charge in [-0.2, -0.15) is 0 Å². The number of benzene rings is 1. The van der Waals surface area contributed by atoms with Gasteiger partial charge in [0.1, 0.15) is 5.82 Å². The molecule has 1 saturated heterocycles. The summed E-state index contributed by atoms with van der Waals surface area (Å²) < 4.78 is 13.6. The Labute approximate surface area is 164 Å². The van der Waals surface area contributed by atoms with Crippen molar-refractivity contribution in [2.24, 2.45) is 0 Å². The normalized spacial score (nSPS) is 15.8. The van der Waals surface area contributed by atoms with Crippen LogP contribution in [0.15, 0.2) is 42.6 Å². The fourth-order valence-corrected chi connectivity index (χ4v) is 3.98. The van der Waals surface area contributed by atoms with Gasteiger partial charge in [0, 0.05) is 48.5 Å². The SMILES string of the molecule is Cc1[nH]c2ccc(F)cc2c1CC(=O)NC1CCN(Cc2ccccn2)CC1. The highest BCUT2D eigenvalue weighted by atomic mass is 19.1. The number of halogens is 1. The summed E-state index contributed by atoms with van der Waals surface area (Å²) in [7, 11) is 0. The molecule has 0 bridgehead atoms. The molecule has 2 N–H and O–H groups in total. The number of nitrogens with one attached hydrogen (secondary N) is 2. The highest BCUT2D eigenvalue weighted by Crippen LogP contribution is 2.24. The molecule has 3 heterocycles. The zero-order chi connectivity index (χ0) is 19.5. The van der Waals surface area contributed by atoms with Crippen LogP contribution in [0, 0.1) is 12.7 Å². The highest BCUT2D eigenvalue weighted by Gasteiger charge is 2.22. The summed E-state index contributed by atoms with van der Waals surface area (Å²) in [4.78, 5) is 22.6. The van der Waals surface area contributed by atoms with Crippen molar-refractivity contribution in [2.45, 2.75) is 38.8 Å². The van der Waals surface area contributed by atoms with Gasteiger partial charge < -0.3 is 10.3 Å². The molecule has 0 atom stereocenters. The highest BCUT2D eigenvalue weighted by molar-refractivity contribution is 5.90. The molecule has 0 radical (unpaired) electrons. The summed E-state index contributed by atoms with van der Waals surface area (Å²) in [5.74, 6) is -0.287. The molecular weight excluding hydrogens is 355 g/mol. The number of aromatic nitrogens is 2. The lowest BCUT2D eigenvalue weighted by atomic mass is 10.0. The predicted molar refractivity (Wildman–Crippen MR) is 107 cm³/mol. The standard InChI is InChI=1S/C22H25FN4O/c1-15-19(20-12-16(23)5-6-21(20)25-15)13-22(28)26-17-7-10-27(11-8-17)14-18-4-2-3-9-24-18/h2-6,9,12,17,25H,7-8,10-11,13-14H2,1H3,(H,26,28). The second-order valence-electron chi connectivity index (χ2n) is 7.53. The van der Waals surface area contributed by atoms with Crippen LogP contribution < -0.4 is 5.32 Å². The molecule has 4 rings (SSSR count). The number of amides is 1. The zero-order valence-electron chi connectivity index (χ0n) is 16.0. The third kappa shape index (κ3) is 4.22. The van der Waals surface area contributed by atoms with Gasteiger partial charge in [-0.15, -0.1) is 0 Å². The fourth-order valence-electron chi connectivity index (χ4n) is 3.98. The van der Waals surface area contributed by atoms with Crippen LogP contribution in [0.3, 0.4) is 0 Å². The number of aryl methyl sites for hydroxylation is 1. The van der Waals surface area contributed by atoms with Gasteiger partial charge in [-0.1, -0.05) is 6.07 Å². The average Bonchev–Trinajstić information content (AvgIpc) is 2.99. The molecule has 1 amide bonds. The van der Waals surface area contributed by atoms with E-state index in [1.165, 1.54) is 12.1 Å². The van der Waals surface area contributed by atoms with Crippen LogP contribution in [0.5, 0.6) is 0 Å². The molecule has 2 aromatic heterocycles. The lowest BCUT2D eigenvalue weighted by molar-refractivity contribution is -0.121. The van der Waals surface area contributed by atoms with Gasteiger partial charge in [-0.25, -0.2) is 4.39 Å². The number of nitrogens with zero attached hydrogens (tertiary/aromatic N) is 2. The summed E-state index contributed by atoms with van der Waals surface area (Å²) >= 11 is 0. The third-order valence-electron chi connectivity index (χ3n) is 5.48. The summed E-state index contributed by atoms with van der Waals surface area (Å²) in [5, 5.41) is 3.95. The minimum atomic E-state index is -0.284. The van der Waals surface area contributed by atoms with Crippen LogP contribution in [0.1, 0.15) is 29.8 Å². The van der Waals surface area contributed by atoms with Crippen LogP contribution in [-0.2, 0) is 17.8 Å². The van der Waals surface area contributed by atoms with Crippen molar-refractivity contribution in [2.75, 3.05) is 13.1 Å². The largest absolute Gasteiger partial charge is 0.358 e. The van der Waals surface area contributed by atoms with E-state index in [1.807, 2.05) is 31.3 Å². The van der Waals surface area contributed by atoms with Crippen molar-refractivity contribution < 1.29 is 9.18 Å². The van der Waals surface area contributed by atoms with Crippen molar-refractivity contribution >= 4 is 16.8 Å². The molecule has 1 fully saturated rings. The van der Waals surface area contributed by atoms with Crippen molar-refractivity contribution in [1.82, 2.24) is 20.2 Å². The number of hydrogen-bond acceptors (Lipinski definition) is 3. The van der Waals surface area contributed by atoms with E-state index in [1.54, 1.807) is 6.07 Å². The lowest BCUT2D eigenvalue weighted by Crippen LogP contribution is -2.44. The Bertz CT molecular complexity index is 961. The molecule has 0 unspecified atom stereocenters. The number of likely N-dealkylation sites (tertiary alicyclic amines) is 1. The fraction of sp³-hybridized carbons (Fsp3) is 0.364. The number of carbonyl (C=O) groups excluding carboxylic acids is 1. The van der Waals surface area contributed by atoms with E-state index in [2.05, 4.69) is 20.2 Å². The summed E-state index contributed by atoms with van der Waals surface area (Å²) in [6.45, 7) is 4.66. The molecule has 0 aliphatic carbocycles. The van der Waals surface area contributed by atoms with Gasteiger partial charge in [-0.05, 0) is 55.7 Å². The minimum absolute atomic E-state index is 0.00330. The molecular formula is C22H25FN4O. The molecule has 146 valence electrons. The molecule has 1 aliphatic rings. The van der Waals surface area contributed by atoms with E-state index < -0.39 is 0 Å². The van der Waals surface area contributed by atoms with E-state index in [0.717, 1.165) is 60.3 Å². The number of H-pyrrole nitrogens is 1. The first-order valence-corrected chi connectivity index (χ1v) is 9.77. The first kappa shape index (κ1) is 18.6. The van der Waals surface area contributed by atoms with Gasteiger partial charge in [0.15, 0.2) is 0 Å². The Morgan fingerprint density at radius 2 is 2.11 bits per heavy atom. The molecule has 0 spiro atoms. The maximum Gasteiger partial charge on any atom is 0.224 e. The van der Waals surface area contributed by atoms with E-state index in [9.17, 15) is 9.18 Å². The van der Waals surface area contributed by atoms with E-state index in [4.69, 9.17) is 0 Å². The monoisotopic (exact) mass is 380 g/mol. The predicted octanol–water partition coefficient (Wildman–Crippen LogP) is 3.33. The van der Waals surface area contributed by atoms with Crippen molar-refractivity contribution in [3.05, 3.63) is 65.4 Å². The second kappa shape index (κ2) is 8.10. The third-order valence-corrected chi connectivity index (χ3v) is 5.48. The van der Waals surface area contributed by atoms with Gasteiger partial charge in [-0.3, -0.25) is 14.7 Å². The zero-order valence-corrected chi connectivity index (χ0v) is 16.0. The number of fused-ring (bicyclic) bond motifs is 1. The molecule has 1 aromatic carbocycles. The number of aromatic amines is 1. The van der Waals surface area contributed by atoms with E-state index >= 15 is 0 Å². The van der Waals surface area contributed by atoms with Crippen LogP contribution in [-0.4, -0.2) is 39.9 Å². The Hall–Kier alpha value is -2.73. The molecule has 0 saturated carbocycles. The number of rotatable bonds is 5. The Kier molecular flexibility index (Phi) is 5.39. The number of carbonyl (C=O) groups is 1. The van der Waals surface area contributed by atoms with Gasteiger partial charge in [0.2, 0.25) is 5.91 Å². The molecule has 28 heavy (non-hydrogen) atoms. The van der Waals surface area contributed by atoms with E-state index in [0.29, 0.717) is 0 Å². The second-order valence-corrected chi connectivity index (χ2v) is 7.53. The summed E-state index contributed by atoms with van der Waals surface area (Å²) in [5.41, 5.74) is 3.73. The quantitative estimate of drug-likeness (QED) is 0.714. The molecule has 1 aliphatic heterocycles. The minimum Gasteiger partial charge on any atom is -0.358 e. The van der Waals surface area contributed by atoms with Crippen molar-refractivity contribution in [1.29, 1.82) is 0 Å². The van der Waals surface area contributed by atoms with Gasteiger partial charge in [0.25, 0.3) is 0 Å². The van der Waals surface area contributed by atoms with Crippen molar-refractivity contribution in [3.63, 3.8) is 0 Å². The number of pyridine rings is 1. The molecule has 5 nitrogen and oxygen atoms in total. The summed E-state index contributed by atoms with van der Waals surface area (Å²) in [6.07, 6.45) is 3.95. The van der Waals surface area contributed by atoms with Crippen LogP contribution in [0.2, 0.25) is 0 Å². The van der Waals surface area contributed by atoms with Gasteiger partial charge in [0.05, 0.1) is 12.1 Å². The molecule has 6 heteroatoms. The first-order valence-electron chi connectivity index (χ1n) is 9.77. The first-order chi connectivity index (χ1) is 13.6. The summed E-state index contributed by atoms with van der Waals surface area (Å²) in [6, 6.07) is 10.8. The number of hydrogen-bond donors (Lipinski definition) is 2. The van der Waals surface area contributed by atoms with Crippen molar-refractivity contribution in [3.8, 4) is 0 Å². The Morgan fingerprint density at radius 1 is 1.29 bits per heavy atom. The lowest BCUT2D eigenvalue weighted by Gasteiger charge is -2.32. The maximum atomic E-state index is 13.6. The van der Waals surface area contributed by atoms with E-state index in [-0.39, 0.29) is 24.2 Å². The Balaban J connectivity index is 1.32. The smallest absolute Gasteiger partial charge is 0.224 e. The number of piperidine rings is 1. The molecule has 3 aromatic rings. The van der Waals surface area contributed by atoms with Crippen LogP contribution in [0.25, 0.3) is 10.9 Å².